The zero-order valence-corrected chi connectivity index (χ0v) is 11.5. The zero-order valence-electron chi connectivity index (χ0n) is 9.87. The molecule has 1 atom stereocenters. The van der Waals surface area contributed by atoms with E-state index in [9.17, 15) is 18.0 Å². The van der Waals surface area contributed by atoms with Crippen molar-refractivity contribution in [2.45, 2.75) is 6.04 Å². The lowest BCUT2D eigenvalue weighted by Crippen LogP contribution is -2.35. The normalized spacial score (nSPS) is 22.4. The fourth-order valence-corrected chi connectivity index (χ4v) is 3.18. The van der Waals surface area contributed by atoms with E-state index in [4.69, 9.17) is 4.55 Å². The van der Waals surface area contributed by atoms with Crippen molar-refractivity contribution in [3.63, 3.8) is 0 Å². The summed E-state index contributed by atoms with van der Waals surface area (Å²) in [5.74, 6) is 0. The van der Waals surface area contributed by atoms with Crippen LogP contribution in [0.1, 0.15) is 0 Å². The third kappa shape index (κ3) is 2.24. The smallest absolute Gasteiger partial charge is 0.314 e. The van der Waals surface area contributed by atoms with Gasteiger partial charge in [0.15, 0.2) is 0 Å². The molecule has 1 aromatic heterocycles. The Morgan fingerprint density at radius 2 is 2.15 bits per heavy atom. The summed E-state index contributed by atoms with van der Waals surface area (Å²) in [4.78, 5) is 24.6. The van der Waals surface area contributed by atoms with Crippen LogP contribution in [-0.2, 0) is 14.7 Å². The van der Waals surface area contributed by atoms with Crippen LogP contribution in [0.25, 0.3) is 5.70 Å². The summed E-state index contributed by atoms with van der Waals surface area (Å²) in [7, 11) is -4.78. The van der Waals surface area contributed by atoms with E-state index < -0.39 is 22.5 Å². The highest BCUT2D eigenvalue weighted by Gasteiger charge is 2.43. The largest absolute Gasteiger partial charge is 0.418 e. The summed E-state index contributed by atoms with van der Waals surface area (Å²) in [6.07, 6.45) is 3.14. The van der Waals surface area contributed by atoms with E-state index in [1.807, 2.05) is 0 Å². The molecule has 0 saturated carbocycles. The van der Waals surface area contributed by atoms with Crippen molar-refractivity contribution < 1.29 is 22.0 Å². The monoisotopic (exact) mass is 319 g/mol. The van der Waals surface area contributed by atoms with Crippen molar-refractivity contribution >= 4 is 33.5 Å². The summed E-state index contributed by atoms with van der Waals surface area (Å²) in [6, 6.07) is -1.36. The molecule has 1 aromatic rings. The van der Waals surface area contributed by atoms with Gasteiger partial charge in [-0.3, -0.25) is 13.9 Å². The quantitative estimate of drug-likeness (QED) is 0.760. The van der Waals surface area contributed by atoms with Gasteiger partial charge in [-0.1, -0.05) is 11.3 Å². The van der Waals surface area contributed by atoms with Gasteiger partial charge in [0.25, 0.3) is 0 Å². The second-order valence-electron chi connectivity index (χ2n) is 4.26. The molecule has 9 nitrogen and oxygen atoms in total. The number of hydroxylamine groups is 2. The minimum absolute atomic E-state index is 0.164. The molecule has 3 rings (SSSR count). The SMILES string of the molecule is O=C1N2CC(n3ccsc3=O)=CC(C2)N1OS(=O)(=O)O. The molecule has 2 amide bonds. The fraction of sp³-hybridized carbons (Fsp3) is 0.333. The topological polar surface area (TPSA) is 109 Å². The van der Waals surface area contributed by atoms with Crippen LogP contribution in [0.15, 0.2) is 22.4 Å². The Morgan fingerprint density at radius 1 is 1.40 bits per heavy atom. The fourth-order valence-electron chi connectivity index (χ4n) is 2.21. The highest BCUT2D eigenvalue weighted by Crippen LogP contribution is 2.26. The van der Waals surface area contributed by atoms with E-state index in [1.54, 1.807) is 17.7 Å². The van der Waals surface area contributed by atoms with Crippen LogP contribution < -0.4 is 4.87 Å². The molecule has 20 heavy (non-hydrogen) atoms. The number of urea groups is 1. The maximum atomic E-state index is 11.9. The zero-order chi connectivity index (χ0) is 14.5. The standard InChI is InChI=1S/C9H9N3O6S2/c13-8-10-4-6(11-1-2-19-9(11)14)3-7(5-10)12(8)18-20(15,16)17/h1-3,7H,4-5H2,(H,15,16,17). The molecule has 0 radical (unpaired) electrons. The summed E-state index contributed by atoms with van der Waals surface area (Å²) in [5.41, 5.74) is 0.558. The molecule has 11 heteroatoms. The number of carbonyl (C=O) groups is 1. The Labute approximate surface area is 117 Å². The van der Waals surface area contributed by atoms with E-state index in [-0.39, 0.29) is 18.0 Å². The third-order valence-corrected chi connectivity index (χ3v) is 3.97. The predicted molar refractivity (Wildman–Crippen MR) is 68.1 cm³/mol. The second-order valence-corrected chi connectivity index (χ2v) is 6.12. The molecule has 2 aliphatic heterocycles. The third-order valence-electron chi connectivity index (χ3n) is 2.96. The van der Waals surface area contributed by atoms with Crippen LogP contribution in [0, 0.1) is 0 Å². The summed E-state index contributed by atoms with van der Waals surface area (Å²) >= 11 is 1.01. The summed E-state index contributed by atoms with van der Waals surface area (Å²) < 4.78 is 35.8. The lowest BCUT2D eigenvalue weighted by Gasteiger charge is -2.21. The van der Waals surface area contributed by atoms with E-state index in [2.05, 4.69) is 4.28 Å². The molecule has 0 spiro atoms. The average Bonchev–Trinajstić information content (AvgIpc) is 2.86. The number of carbonyl (C=O) groups excluding carboxylic acids is 1. The van der Waals surface area contributed by atoms with Gasteiger partial charge in [-0.2, -0.15) is 13.5 Å². The number of thiazole rings is 1. The van der Waals surface area contributed by atoms with Crippen molar-refractivity contribution in [3.8, 4) is 0 Å². The number of aromatic nitrogens is 1. The number of hydrogen-bond donors (Lipinski definition) is 1. The Kier molecular flexibility index (Phi) is 2.93. The molecule has 2 aliphatic rings. The predicted octanol–water partition coefficient (Wildman–Crippen LogP) is -0.395. The van der Waals surface area contributed by atoms with E-state index in [1.165, 1.54) is 9.47 Å². The van der Waals surface area contributed by atoms with Crippen molar-refractivity contribution in [1.82, 2.24) is 14.5 Å². The molecule has 0 aromatic carbocycles. The van der Waals surface area contributed by atoms with Gasteiger partial charge < -0.3 is 4.90 Å². The maximum absolute atomic E-state index is 11.9. The lowest BCUT2D eigenvalue weighted by atomic mass is 10.2. The van der Waals surface area contributed by atoms with Crippen LogP contribution in [-0.4, -0.2) is 52.7 Å². The van der Waals surface area contributed by atoms with Crippen molar-refractivity contribution in [2.24, 2.45) is 0 Å². The number of rotatable bonds is 3. The van der Waals surface area contributed by atoms with Gasteiger partial charge in [0.1, 0.15) is 6.04 Å². The Bertz CT molecular complexity index is 748. The molecule has 0 aliphatic carbocycles. The van der Waals surface area contributed by atoms with Gasteiger partial charge in [-0.25, -0.2) is 4.79 Å². The minimum atomic E-state index is -4.78. The molecular weight excluding hydrogens is 310 g/mol. The number of hydrogen-bond acceptors (Lipinski definition) is 6. The van der Waals surface area contributed by atoms with Gasteiger partial charge in [-0.15, -0.1) is 4.28 Å². The first-order chi connectivity index (χ1) is 9.35. The maximum Gasteiger partial charge on any atom is 0.418 e. The van der Waals surface area contributed by atoms with E-state index in [0.717, 1.165) is 11.3 Å². The van der Waals surface area contributed by atoms with Crippen LogP contribution in [0.5, 0.6) is 0 Å². The first kappa shape index (κ1) is 13.3. The van der Waals surface area contributed by atoms with Crippen LogP contribution in [0.3, 0.4) is 0 Å². The highest BCUT2D eigenvalue weighted by molar-refractivity contribution is 7.80. The first-order valence-electron chi connectivity index (χ1n) is 5.47. The summed E-state index contributed by atoms with van der Waals surface area (Å²) in [6.45, 7) is 0.397. The number of fused-ring (bicyclic) bond motifs is 2. The minimum Gasteiger partial charge on any atom is -0.314 e. The molecule has 108 valence electrons. The average molecular weight is 319 g/mol. The van der Waals surface area contributed by atoms with Crippen molar-refractivity contribution in [2.75, 3.05) is 13.1 Å². The van der Waals surface area contributed by atoms with Gasteiger partial charge in [0.2, 0.25) is 0 Å². The van der Waals surface area contributed by atoms with Gasteiger partial charge in [0.05, 0.1) is 6.54 Å². The van der Waals surface area contributed by atoms with Crippen LogP contribution in [0.4, 0.5) is 4.79 Å². The molecule has 2 bridgehead atoms. The van der Waals surface area contributed by atoms with Crippen LogP contribution in [0.2, 0.25) is 0 Å². The Balaban J connectivity index is 1.94. The van der Waals surface area contributed by atoms with E-state index in [0.29, 0.717) is 10.8 Å². The molecule has 1 N–H and O–H groups in total. The summed E-state index contributed by atoms with van der Waals surface area (Å²) in [5, 5.41) is 2.20. The first-order valence-corrected chi connectivity index (χ1v) is 7.72. The molecular formula is C9H9N3O6S2. The lowest BCUT2D eigenvalue weighted by molar-refractivity contribution is -0.0183. The Morgan fingerprint density at radius 3 is 2.75 bits per heavy atom. The molecule has 1 fully saturated rings. The van der Waals surface area contributed by atoms with Gasteiger partial charge in [0, 0.05) is 23.8 Å². The van der Waals surface area contributed by atoms with Crippen LogP contribution >= 0.6 is 11.3 Å². The second kappa shape index (κ2) is 4.41. The molecule has 1 unspecified atom stereocenters. The van der Waals surface area contributed by atoms with Gasteiger partial charge in [-0.05, 0) is 6.08 Å². The number of nitrogens with zero attached hydrogens (tertiary/aromatic N) is 3. The Hall–Kier alpha value is -1.69. The molecule has 3 heterocycles. The van der Waals surface area contributed by atoms with Crippen molar-refractivity contribution in [3.05, 3.63) is 27.3 Å². The number of amides is 2. The van der Waals surface area contributed by atoms with Crippen molar-refractivity contribution in [1.29, 1.82) is 0 Å². The molecule has 1 saturated heterocycles. The van der Waals surface area contributed by atoms with E-state index >= 15 is 0 Å². The van der Waals surface area contributed by atoms with Gasteiger partial charge >= 0.3 is 21.3 Å². The highest BCUT2D eigenvalue weighted by atomic mass is 32.3.